The van der Waals surface area contributed by atoms with Crippen molar-refractivity contribution in [2.45, 2.75) is 56.6 Å². The summed E-state index contributed by atoms with van der Waals surface area (Å²) < 4.78 is 30.9. The zero-order valence-electron chi connectivity index (χ0n) is 20.3. The molecule has 4 rings (SSSR count). The van der Waals surface area contributed by atoms with Crippen LogP contribution in [0.1, 0.15) is 16.7 Å². The molecule has 0 aromatic heterocycles. The van der Waals surface area contributed by atoms with E-state index in [4.69, 9.17) is 30.1 Å². The Kier molecular flexibility index (Phi) is 9.65. The van der Waals surface area contributed by atoms with Crippen molar-refractivity contribution in [3.63, 3.8) is 0 Å². The molecule has 0 bridgehead atoms. The minimum Gasteiger partial charge on any atom is -0.378 e. The monoisotopic (exact) mass is 488 g/mol. The van der Waals surface area contributed by atoms with Crippen LogP contribution in [0, 0.1) is 12.3 Å². The van der Waals surface area contributed by atoms with Crippen LogP contribution in [-0.2, 0) is 43.5 Å². The highest BCUT2D eigenvalue weighted by Crippen LogP contribution is 2.32. The van der Waals surface area contributed by atoms with Gasteiger partial charge in [0.1, 0.15) is 30.5 Å². The summed E-state index contributed by atoms with van der Waals surface area (Å²) in [5.41, 5.74) is 2.97. The van der Waals surface area contributed by atoms with Crippen LogP contribution in [-0.4, -0.2) is 49.0 Å². The molecule has 3 aromatic rings. The molecule has 1 fully saturated rings. The summed E-state index contributed by atoms with van der Waals surface area (Å²) in [7, 11) is 1.53. The SMILES string of the molecule is C#C[C@H](O)[C@H]1O[C@H](OC)[C@H](OCc2ccccc2)[C@@H](OCc2ccccc2)[C@@H]1OCc1ccccc1. The first kappa shape index (κ1) is 26.1. The molecule has 1 heterocycles. The maximum absolute atomic E-state index is 10.7. The van der Waals surface area contributed by atoms with Gasteiger partial charge in [0.15, 0.2) is 6.29 Å². The number of ether oxygens (including phenoxy) is 5. The summed E-state index contributed by atoms with van der Waals surface area (Å²) in [6.45, 7) is 0.932. The minimum absolute atomic E-state index is 0.289. The van der Waals surface area contributed by atoms with E-state index in [1.807, 2.05) is 91.0 Å². The quantitative estimate of drug-likeness (QED) is 0.410. The number of benzene rings is 3. The van der Waals surface area contributed by atoms with E-state index in [0.29, 0.717) is 13.2 Å². The Hall–Kier alpha value is -3.02. The molecular formula is C30H32O6. The van der Waals surface area contributed by atoms with E-state index in [9.17, 15) is 5.11 Å². The standard InChI is InChI=1S/C30H32O6/c1-3-25(31)26-27(33-19-22-13-7-4-8-14-22)28(34-20-23-15-9-5-10-16-23)29(30(32-2)36-26)35-21-24-17-11-6-12-18-24/h1,4-18,25-31H,19-21H2,2H3/t25-,26+,27+,28-,29+,30-/m0/s1. The van der Waals surface area contributed by atoms with Crippen molar-refractivity contribution in [3.05, 3.63) is 108 Å². The third kappa shape index (κ3) is 6.80. The lowest BCUT2D eigenvalue weighted by Gasteiger charge is -2.46. The summed E-state index contributed by atoms with van der Waals surface area (Å²) in [5, 5.41) is 10.7. The zero-order chi connectivity index (χ0) is 25.2. The van der Waals surface area contributed by atoms with Crippen LogP contribution >= 0.6 is 0 Å². The lowest BCUT2D eigenvalue weighted by Crippen LogP contribution is -2.63. The van der Waals surface area contributed by atoms with Gasteiger partial charge in [0.05, 0.1) is 19.8 Å². The molecule has 1 saturated heterocycles. The summed E-state index contributed by atoms with van der Waals surface area (Å²) in [6, 6.07) is 29.5. The third-order valence-electron chi connectivity index (χ3n) is 6.10. The Morgan fingerprint density at radius 2 is 1.14 bits per heavy atom. The van der Waals surface area contributed by atoms with Gasteiger partial charge in [-0.2, -0.15) is 0 Å². The number of hydrogen-bond donors (Lipinski definition) is 1. The van der Waals surface area contributed by atoms with Crippen molar-refractivity contribution < 1.29 is 28.8 Å². The second-order valence-electron chi connectivity index (χ2n) is 8.60. The molecule has 36 heavy (non-hydrogen) atoms. The molecular weight excluding hydrogens is 456 g/mol. The minimum atomic E-state index is -1.22. The first-order valence-electron chi connectivity index (χ1n) is 12.0. The molecule has 1 aliphatic heterocycles. The Balaban J connectivity index is 1.62. The summed E-state index contributed by atoms with van der Waals surface area (Å²) in [4.78, 5) is 0. The van der Waals surface area contributed by atoms with Gasteiger partial charge in [-0.05, 0) is 16.7 Å². The normalized spacial score (nSPS) is 24.6. The first-order chi connectivity index (χ1) is 17.7. The van der Waals surface area contributed by atoms with Gasteiger partial charge in [-0.1, -0.05) is 96.9 Å². The molecule has 6 nitrogen and oxygen atoms in total. The number of terminal acetylenes is 1. The van der Waals surface area contributed by atoms with Crippen LogP contribution in [0.5, 0.6) is 0 Å². The van der Waals surface area contributed by atoms with Crippen LogP contribution in [0.25, 0.3) is 0 Å². The third-order valence-corrected chi connectivity index (χ3v) is 6.10. The molecule has 6 atom stereocenters. The molecule has 0 saturated carbocycles. The fourth-order valence-corrected chi connectivity index (χ4v) is 4.23. The van der Waals surface area contributed by atoms with Crippen molar-refractivity contribution in [2.75, 3.05) is 7.11 Å². The van der Waals surface area contributed by atoms with E-state index in [2.05, 4.69) is 5.92 Å². The Morgan fingerprint density at radius 3 is 1.56 bits per heavy atom. The van der Waals surface area contributed by atoms with E-state index in [1.165, 1.54) is 7.11 Å². The fraction of sp³-hybridized carbons (Fsp3) is 0.333. The average Bonchev–Trinajstić information content (AvgIpc) is 2.94. The van der Waals surface area contributed by atoms with Crippen LogP contribution in [0.2, 0.25) is 0 Å². The number of hydrogen-bond acceptors (Lipinski definition) is 6. The zero-order valence-corrected chi connectivity index (χ0v) is 20.3. The Labute approximate surface area is 212 Å². The van der Waals surface area contributed by atoms with Gasteiger partial charge in [-0.25, -0.2) is 0 Å². The maximum Gasteiger partial charge on any atom is 0.186 e. The van der Waals surface area contributed by atoms with Crippen molar-refractivity contribution in [3.8, 4) is 12.3 Å². The second-order valence-corrected chi connectivity index (χ2v) is 8.60. The highest BCUT2D eigenvalue weighted by Gasteiger charge is 2.50. The summed E-state index contributed by atoms with van der Waals surface area (Å²) in [5.74, 6) is 2.37. The van der Waals surface area contributed by atoms with Gasteiger partial charge in [-0.3, -0.25) is 0 Å². The van der Waals surface area contributed by atoms with E-state index in [0.717, 1.165) is 16.7 Å². The second kappa shape index (κ2) is 13.3. The number of aliphatic hydroxyl groups is 1. The molecule has 0 aliphatic carbocycles. The molecule has 6 heteroatoms. The van der Waals surface area contributed by atoms with Gasteiger partial charge in [-0.15, -0.1) is 6.42 Å². The van der Waals surface area contributed by atoms with Gasteiger partial charge in [0, 0.05) is 7.11 Å². The largest absolute Gasteiger partial charge is 0.378 e. The molecule has 0 unspecified atom stereocenters. The van der Waals surface area contributed by atoms with Crippen molar-refractivity contribution in [2.24, 2.45) is 0 Å². The van der Waals surface area contributed by atoms with E-state index in [1.54, 1.807) is 0 Å². The summed E-state index contributed by atoms with van der Waals surface area (Å²) in [6.07, 6.45) is 0.687. The molecule has 3 aromatic carbocycles. The Bertz CT molecular complexity index is 1070. The highest BCUT2D eigenvalue weighted by molar-refractivity contribution is 5.16. The topological polar surface area (TPSA) is 66.4 Å². The van der Waals surface area contributed by atoms with Crippen LogP contribution < -0.4 is 0 Å². The maximum atomic E-state index is 10.7. The first-order valence-corrected chi connectivity index (χ1v) is 12.0. The smallest absolute Gasteiger partial charge is 0.186 e. The van der Waals surface area contributed by atoms with E-state index < -0.39 is 36.8 Å². The van der Waals surface area contributed by atoms with Gasteiger partial charge >= 0.3 is 0 Å². The van der Waals surface area contributed by atoms with E-state index in [-0.39, 0.29) is 6.61 Å². The van der Waals surface area contributed by atoms with Crippen LogP contribution in [0.3, 0.4) is 0 Å². The van der Waals surface area contributed by atoms with Crippen molar-refractivity contribution in [1.29, 1.82) is 0 Å². The fourth-order valence-electron chi connectivity index (χ4n) is 4.23. The molecule has 0 spiro atoms. The average molecular weight is 489 g/mol. The molecule has 1 aliphatic rings. The van der Waals surface area contributed by atoms with Crippen LogP contribution in [0.4, 0.5) is 0 Å². The van der Waals surface area contributed by atoms with Crippen molar-refractivity contribution in [1.82, 2.24) is 0 Å². The molecule has 0 amide bonds. The number of rotatable bonds is 11. The van der Waals surface area contributed by atoms with E-state index >= 15 is 0 Å². The number of aliphatic hydroxyl groups excluding tert-OH is 1. The molecule has 188 valence electrons. The van der Waals surface area contributed by atoms with Gasteiger partial charge in [0.2, 0.25) is 0 Å². The number of methoxy groups -OCH3 is 1. The lowest BCUT2D eigenvalue weighted by molar-refractivity contribution is -0.326. The predicted octanol–water partition coefficient (Wildman–Crippen LogP) is 4.11. The highest BCUT2D eigenvalue weighted by atomic mass is 16.7. The summed E-state index contributed by atoms with van der Waals surface area (Å²) >= 11 is 0. The molecule has 1 N–H and O–H groups in total. The predicted molar refractivity (Wildman–Crippen MR) is 136 cm³/mol. The molecule has 0 radical (unpaired) electrons. The Morgan fingerprint density at radius 1 is 0.722 bits per heavy atom. The van der Waals surface area contributed by atoms with Crippen LogP contribution in [0.15, 0.2) is 91.0 Å². The van der Waals surface area contributed by atoms with Crippen molar-refractivity contribution >= 4 is 0 Å². The van der Waals surface area contributed by atoms with Gasteiger partial charge < -0.3 is 28.8 Å². The van der Waals surface area contributed by atoms with Gasteiger partial charge in [0.25, 0.3) is 0 Å². The lowest BCUT2D eigenvalue weighted by atomic mass is 9.94.